The molecule has 2 N–H and O–H groups in total. The number of carbonyl (C=O) groups is 1. The molecule has 0 aliphatic carbocycles. The van der Waals surface area contributed by atoms with Crippen molar-refractivity contribution in [1.29, 1.82) is 0 Å². The summed E-state index contributed by atoms with van der Waals surface area (Å²) in [6.45, 7) is 4.36. The summed E-state index contributed by atoms with van der Waals surface area (Å²) in [5.74, 6) is 0. The summed E-state index contributed by atoms with van der Waals surface area (Å²) in [5.41, 5.74) is 0.803. The van der Waals surface area contributed by atoms with Gasteiger partial charge in [0.05, 0.1) is 16.8 Å². The van der Waals surface area contributed by atoms with Gasteiger partial charge < -0.3 is 15.3 Å². The van der Waals surface area contributed by atoms with E-state index in [9.17, 15) is 9.90 Å². The Hall–Kier alpha value is -2.44. The van der Waals surface area contributed by atoms with Crippen molar-refractivity contribution < 1.29 is 9.90 Å². The fourth-order valence-electron chi connectivity index (χ4n) is 2.68. The average molecular weight is 369 g/mol. The van der Waals surface area contributed by atoms with E-state index >= 15 is 0 Å². The molecule has 5 nitrogen and oxygen atoms in total. The molecule has 26 heavy (non-hydrogen) atoms. The first-order chi connectivity index (χ1) is 12.5. The zero-order chi connectivity index (χ0) is 18.6. The summed E-state index contributed by atoms with van der Waals surface area (Å²) >= 11 is 1.43. The second-order valence-electron chi connectivity index (χ2n) is 6.70. The molecular weight excluding hydrogens is 346 g/mol. The van der Waals surface area contributed by atoms with Gasteiger partial charge in [-0.25, -0.2) is 4.79 Å². The fraction of sp³-hybridized carbons (Fsp3) is 0.300. The Morgan fingerprint density at radius 1 is 1.27 bits per heavy atom. The van der Waals surface area contributed by atoms with Crippen LogP contribution in [0.1, 0.15) is 25.8 Å². The van der Waals surface area contributed by atoms with Gasteiger partial charge in [-0.1, -0.05) is 37.3 Å². The molecule has 0 saturated heterocycles. The van der Waals surface area contributed by atoms with Crippen LogP contribution in [0, 0.1) is 0 Å². The van der Waals surface area contributed by atoms with Crippen LogP contribution in [0.15, 0.2) is 54.7 Å². The third kappa shape index (κ3) is 4.59. The van der Waals surface area contributed by atoms with E-state index < -0.39 is 5.60 Å². The summed E-state index contributed by atoms with van der Waals surface area (Å²) in [6, 6.07) is 15.3. The van der Waals surface area contributed by atoms with Crippen LogP contribution in [0.5, 0.6) is 0 Å². The van der Waals surface area contributed by atoms with Crippen molar-refractivity contribution in [3.8, 4) is 0 Å². The van der Waals surface area contributed by atoms with Crippen molar-refractivity contribution in [2.45, 2.75) is 32.4 Å². The molecule has 0 aliphatic rings. The predicted octanol–water partition coefficient (Wildman–Crippen LogP) is 4.49. The number of nitrogens with zero attached hydrogens (tertiary/aromatic N) is 2. The van der Waals surface area contributed by atoms with Crippen molar-refractivity contribution in [2.75, 3.05) is 11.9 Å². The smallest absolute Gasteiger partial charge is 0.322 e. The van der Waals surface area contributed by atoms with Gasteiger partial charge in [-0.05, 0) is 48.6 Å². The monoisotopic (exact) mass is 369 g/mol. The molecule has 3 rings (SSSR count). The number of aromatic nitrogens is 1. The molecule has 0 spiro atoms. The first kappa shape index (κ1) is 18.4. The Morgan fingerprint density at radius 2 is 2.04 bits per heavy atom. The van der Waals surface area contributed by atoms with Gasteiger partial charge in [0.15, 0.2) is 0 Å². The van der Waals surface area contributed by atoms with E-state index in [1.165, 1.54) is 11.5 Å². The Balaban J connectivity index is 1.78. The van der Waals surface area contributed by atoms with Gasteiger partial charge in [0.1, 0.15) is 0 Å². The molecule has 136 valence electrons. The summed E-state index contributed by atoms with van der Waals surface area (Å²) in [5, 5.41) is 14.4. The van der Waals surface area contributed by atoms with Crippen LogP contribution in [0.2, 0.25) is 0 Å². The Bertz CT molecular complexity index is 877. The minimum atomic E-state index is -0.937. The Morgan fingerprint density at radius 3 is 2.77 bits per heavy atom. The molecule has 1 heterocycles. The van der Waals surface area contributed by atoms with Crippen LogP contribution >= 0.6 is 11.5 Å². The predicted molar refractivity (Wildman–Crippen MR) is 106 cm³/mol. The number of aliphatic hydroxyl groups is 1. The highest BCUT2D eigenvalue weighted by Gasteiger charge is 2.25. The van der Waals surface area contributed by atoms with Gasteiger partial charge in [-0.2, -0.15) is 4.37 Å². The number of rotatable bonds is 6. The summed E-state index contributed by atoms with van der Waals surface area (Å²) in [4.78, 5) is 14.5. The molecule has 3 aromatic rings. The van der Waals surface area contributed by atoms with E-state index in [0.29, 0.717) is 13.0 Å². The third-order valence-electron chi connectivity index (χ3n) is 4.40. The van der Waals surface area contributed by atoms with E-state index in [2.05, 4.69) is 9.69 Å². The number of fused-ring (bicyclic) bond motifs is 1. The standard InChI is InChI=1S/C20H23N3O2S/c1-3-20(2,25)14-23(13-15-7-5-4-6-8-15)19(24)22-17-9-10-18-16(11-17)12-21-26-18/h4-12,25H,3,13-14H2,1-2H3,(H,22,24). The fourth-order valence-corrected chi connectivity index (χ4v) is 3.30. The minimum Gasteiger partial charge on any atom is -0.388 e. The molecule has 0 radical (unpaired) electrons. The molecule has 2 aromatic carbocycles. The van der Waals surface area contributed by atoms with E-state index in [1.807, 2.05) is 55.5 Å². The zero-order valence-corrected chi connectivity index (χ0v) is 15.8. The molecule has 6 heteroatoms. The highest BCUT2D eigenvalue weighted by atomic mass is 32.1. The van der Waals surface area contributed by atoms with Crippen LogP contribution in [-0.4, -0.2) is 32.6 Å². The van der Waals surface area contributed by atoms with E-state index in [1.54, 1.807) is 18.0 Å². The van der Waals surface area contributed by atoms with Crippen LogP contribution in [0.3, 0.4) is 0 Å². The van der Waals surface area contributed by atoms with Gasteiger partial charge >= 0.3 is 6.03 Å². The minimum absolute atomic E-state index is 0.231. The molecule has 1 atom stereocenters. The molecule has 0 saturated carbocycles. The molecular formula is C20H23N3O2S. The Kier molecular flexibility index (Phi) is 5.54. The molecule has 2 amide bonds. The molecule has 0 bridgehead atoms. The average Bonchev–Trinajstić information content (AvgIpc) is 3.09. The maximum Gasteiger partial charge on any atom is 0.322 e. The van der Waals surface area contributed by atoms with Crippen molar-refractivity contribution in [3.05, 3.63) is 60.3 Å². The summed E-state index contributed by atoms with van der Waals surface area (Å²) in [6.07, 6.45) is 2.36. The number of anilines is 1. The van der Waals surface area contributed by atoms with Gasteiger partial charge in [-0.15, -0.1) is 0 Å². The first-order valence-electron chi connectivity index (χ1n) is 8.63. The number of nitrogens with one attached hydrogen (secondary N) is 1. The topological polar surface area (TPSA) is 65.5 Å². The van der Waals surface area contributed by atoms with Crippen molar-refractivity contribution in [3.63, 3.8) is 0 Å². The molecule has 1 aromatic heterocycles. The lowest BCUT2D eigenvalue weighted by atomic mass is 10.0. The van der Waals surface area contributed by atoms with Crippen molar-refractivity contribution >= 4 is 33.3 Å². The SMILES string of the molecule is CCC(C)(O)CN(Cc1ccccc1)C(=O)Nc1ccc2sncc2c1. The number of benzene rings is 2. The lowest BCUT2D eigenvalue weighted by Crippen LogP contribution is -2.45. The Labute approximate surface area is 157 Å². The third-order valence-corrected chi connectivity index (χ3v) is 5.18. The lowest BCUT2D eigenvalue weighted by molar-refractivity contribution is 0.0264. The second-order valence-corrected chi connectivity index (χ2v) is 7.53. The summed E-state index contributed by atoms with van der Waals surface area (Å²) < 4.78 is 5.24. The number of urea groups is 1. The van der Waals surface area contributed by atoms with Crippen LogP contribution < -0.4 is 5.32 Å². The quantitative estimate of drug-likeness (QED) is 0.673. The van der Waals surface area contributed by atoms with Gasteiger partial charge in [0.2, 0.25) is 0 Å². The van der Waals surface area contributed by atoms with Crippen LogP contribution in [0.25, 0.3) is 10.1 Å². The number of amides is 2. The van der Waals surface area contributed by atoms with Gasteiger partial charge in [0, 0.05) is 23.8 Å². The largest absolute Gasteiger partial charge is 0.388 e. The molecule has 0 fully saturated rings. The second kappa shape index (κ2) is 7.85. The van der Waals surface area contributed by atoms with Crippen molar-refractivity contribution in [2.24, 2.45) is 0 Å². The number of hydrogen-bond acceptors (Lipinski definition) is 4. The summed E-state index contributed by atoms with van der Waals surface area (Å²) in [7, 11) is 0. The van der Waals surface area contributed by atoms with E-state index in [-0.39, 0.29) is 12.6 Å². The van der Waals surface area contributed by atoms with Gasteiger partial charge in [0.25, 0.3) is 0 Å². The van der Waals surface area contributed by atoms with Crippen molar-refractivity contribution in [1.82, 2.24) is 9.27 Å². The maximum atomic E-state index is 12.9. The van der Waals surface area contributed by atoms with Gasteiger partial charge in [-0.3, -0.25) is 0 Å². The van der Waals surface area contributed by atoms with E-state index in [4.69, 9.17) is 0 Å². The van der Waals surface area contributed by atoms with Crippen LogP contribution in [0.4, 0.5) is 10.5 Å². The maximum absolute atomic E-state index is 12.9. The number of carbonyl (C=O) groups excluding carboxylic acids is 1. The first-order valence-corrected chi connectivity index (χ1v) is 9.41. The highest BCUT2D eigenvalue weighted by Crippen LogP contribution is 2.23. The van der Waals surface area contributed by atoms with E-state index in [0.717, 1.165) is 21.3 Å². The molecule has 1 unspecified atom stereocenters. The molecule has 0 aliphatic heterocycles. The lowest BCUT2D eigenvalue weighted by Gasteiger charge is -2.31. The normalized spacial score (nSPS) is 13.3. The number of hydrogen-bond donors (Lipinski definition) is 2. The zero-order valence-electron chi connectivity index (χ0n) is 15.0. The van der Waals surface area contributed by atoms with Crippen LogP contribution in [-0.2, 0) is 6.54 Å². The highest BCUT2D eigenvalue weighted by molar-refractivity contribution is 7.13.